The van der Waals surface area contributed by atoms with Crippen molar-refractivity contribution < 1.29 is 19.5 Å². The third-order valence-electron chi connectivity index (χ3n) is 3.18. The molecule has 1 rings (SSSR count). The zero-order chi connectivity index (χ0) is 14.4. The molecule has 1 fully saturated rings. The Morgan fingerprint density at radius 3 is 2.58 bits per heavy atom. The Kier molecular flexibility index (Phi) is 5.56. The molecule has 3 amide bonds. The molecule has 0 saturated carbocycles. The second kappa shape index (κ2) is 6.93. The minimum Gasteiger partial charge on any atom is -0.480 e. The van der Waals surface area contributed by atoms with Gasteiger partial charge in [-0.25, -0.2) is 9.59 Å². The van der Waals surface area contributed by atoms with Gasteiger partial charge in [0.2, 0.25) is 5.91 Å². The Morgan fingerprint density at radius 1 is 1.42 bits per heavy atom. The van der Waals surface area contributed by atoms with Gasteiger partial charge in [-0.15, -0.1) is 0 Å². The van der Waals surface area contributed by atoms with Crippen LogP contribution >= 0.6 is 0 Å². The number of hydrogen-bond donors (Lipinski definition) is 4. The largest absolute Gasteiger partial charge is 0.480 e. The van der Waals surface area contributed by atoms with E-state index >= 15 is 0 Å². The van der Waals surface area contributed by atoms with Crippen molar-refractivity contribution in [3.63, 3.8) is 0 Å². The molecule has 6 N–H and O–H groups in total. The maximum absolute atomic E-state index is 11.9. The number of rotatable bonds is 6. The molecule has 0 aromatic carbocycles. The number of aliphatic carboxylic acids is 1. The molecule has 0 aromatic rings. The first-order chi connectivity index (χ1) is 8.93. The first-order valence-corrected chi connectivity index (χ1v) is 6.20. The van der Waals surface area contributed by atoms with Gasteiger partial charge in [0.05, 0.1) is 0 Å². The number of carboxylic acid groups (broad SMARTS) is 1. The highest BCUT2D eigenvalue weighted by Gasteiger charge is 2.28. The number of nitrogens with zero attached hydrogens (tertiary/aromatic N) is 1. The van der Waals surface area contributed by atoms with Crippen molar-refractivity contribution in [3.8, 4) is 0 Å². The quantitative estimate of drug-likeness (QED) is 0.475. The Bertz CT molecular complexity index is 361. The average molecular weight is 272 g/mol. The number of carbonyl (C=O) groups is 3. The Morgan fingerprint density at radius 2 is 2.11 bits per heavy atom. The van der Waals surface area contributed by atoms with Gasteiger partial charge in [-0.05, 0) is 25.3 Å². The number of nitrogens with two attached hydrogens (primary N) is 2. The minimum atomic E-state index is -1.18. The molecule has 108 valence electrons. The van der Waals surface area contributed by atoms with Crippen molar-refractivity contribution in [1.82, 2.24) is 10.2 Å². The summed E-state index contributed by atoms with van der Waals surface area (Å²) in [5, 5.41) is 11.4. The van der Waals surface area contributed by atoms with E-state index in [1.807, 2.05) is 0 Å². The fourth-order valence-corrected chi connectivity index (χ4v) is 1.99. The van der Waals surface area contributed by atoms with Gasteiger partial charge in [0.25, 0.3) is 0 Å². The normalized spacial score (nSPS) is 20.1. The van der Waals surface area contributed by atoms with Crippen LogP contribution in [-0.4, -0.2) is 53.6 Å². The van der Waals surface area contributed by atoms with E-state index in [0.29, 0.717) is 19.6 Å². The highest BCUT2D eigenvalue weighted by molar-refractivity contribution is 5.83. The SMILES string of the molecule is NCC1CCN(C(=O)N[C@@H](CCC(N)=O)C(=O)O)C1. The van der Waals surface area contributed by atoms with Crippen molar-refractivity contribution in [1.29, 1.82) is 0 Å². The van der Waals surface area contributed by atoms with Crippen LogP contribution in [0, 0.1) is 5.92 Å². The second-order valence-electron chi connectivity index (χ2n) is 4.68. The van der Waals surface area contributed by atoms with E-state index in [0.717, 1.165) is 6.42 Å². The average Bonchev–Trinajstić information content (AvgIpc) is 2.82. The number of likely N-dealkylation sites (tertiary alicyclic amines) is 1. The second-order valence-corrected chi connectivity index (χ2v) is 4.68. The maximum Gasteiger partial charge on any atom is 0.326 e. The molecule has 2 atom stereocenters. The smallest absolute Gasteiger partial charge is 0.326 e. The standard InChI is InChI=1S/C11H20N4O4/c12-5-7-3-4-15(6-7)11(19)14-8(10(17)18)1-2-9(13)16/h7-8H,1-6,12H2,(H2,13,16)(H,14,19)(H,17,18)/t7?,8-/m0/s1. The van der Waals surface area contributed by atoms with Gasteiger partial charge < -0.3 is 26.8 Å². The summed E-state index contributed by atoms with van der Waals surface area (Å²) in [5.74, 6) is -1.51. The van der Waals surface area contributed by atoms with Crippen LogP contribution in [0.2, 0.25) is 0 Å². The van der Waals surface area contributed by atoms with E-state index in [1.165, 1.54) is 4.90 Å². The molecule has 1 saturated heterocycles. The van der Waals surface area contributed by atoms with Gasteiger partial charge in [0, 0.05) is 19.5 Å². The molecule has 0 bridgehead atoms. The van der Waals surface area contributed by atoms with Crippen molar-refractivity contribution in [2.75, 3.05) is 19.6 Å². The monoisotopic (exact) mass is 272 g/mol. The Balaban J connectivity index is 2.47. The molecular formula is C11H20N4O4. The van der Waals surface area contributed by atoms with E-state index < -0.39 is 23.9 Å². The lowest BCUT2D eigenvalue weighted by atomic mass is 10.1. The fourth-order valence-electron chi connectivity index (χ4n) is 1.99. The molecule has 19 heavy (non-hydrogen) atoms. The summed E-state index contributed by atoms with van der Waals surface area (Å²) < 4.78 is 0. The van der Waals surface area contributed by atoms with Gasteiger partial charge in [-0.1, -0.05) is 0 Å². The number of primary amides is 1. The summed E-state index contributed by atoms with van der Waals surface area (Å²) in [5.41, 5.74) is 10.5. The highest BCUT2D eigenvalue weighted by Crippen LogP contribution is 2.14. The molecule has 1 aliphatic rings. The summed E-state index contributed by atoms with van der Waals surface area (Å²) in [6.45, 7) is 1.61. The number of carbonyl (C=O) groups excluding carboxylic acids is 2. The zero-order valence-corrected chi connectivity index (χ0v) is 10.7. The van der Waals surface area contributed by atoms with Crippen LogP contribution < -0.4 is 16.8 Å². The predicted molar refractivity (Wildman–Crippen MR) is 67.1 cm³/mol. The predicted octanol–water partition coefficient (Wildman–Crippen LogP) is -1.30. The van der Waals surface area contributed by atoms with E-state index in [2.05, 4.69) is 5.32 Å². The Labute approximate surface area is 111 Å². The lowest BCUT2D eigenvalue weighted by Crippen LogP contribution is -2.47. The summed E-state index contributed by atoms with van der Waals surface area (Å²) in [6, 6.07) is -1.54. The van der Waals surface area contributed by atoms with E-state index in [4.69, 9.17) is 16.6 Å². The zero-order valence-electron chi connectivity index (χ0n) is 10.7. The number of urea groups is 1. The van der Waals surface area contributed by atoms with Crippen LogP contribution in [-0.2, 0) is 9.59 Å². The van der Waals surface area contributed by atoms with E-state index in [-0.39, 0.29) is 18.8 Å². The third-order valence-corrected chi connectivity index (χ3v) is 3.18. The lowest BCUT2D eigenvalue weighted by molar-refractivity contribution is -0.139. The lowest BCUT2D eigenvalue weighted by Gasteiger charge is -2.20. The maximum atomic E-state index is 11.9. The summed E-state index contributed by atoms with van der Waals surface area (Å²) >= 11 is 0. The molecule has 0 spiro atoms. The van der Waals surface area contributed by atoms with Crippen LogP contribution in [0.3, 0.4) is 0 Å². The van der Waals surface area contributed by atoms with Crippen LogP contribution in [0.25, 0.3) is 0 Å². The number of carboxylic acids is 1. The minimum absolute atomic E-state index is 0.00936. The number of amides is 3. The Hall–Kier alpha value is -1.83. The molecular weight excluding hydrogens is 252 g/mol. The first-order valence-electron chi connectivity index (χ1n) is 6.20. The van der Waals surface area contributed by atoms with Crippen molar-refractivity contribution in [2.24, 2.45) is 17.4 Å². The van der Waals surface area contributed by atoms with Crippen LogP contribution in [0.5, 0.6) is 0 Å². The molecule has 0 radical (unpaired) electrons. The molecule has 8 heteroatoms. The molecule has 1 aliphatic heterocycles. The van der Waals surface area contributed by atoms with E-state index in [9.17, 15) is 14.4 Å². The molecule has 0 aromatic heterocycles. The van der Waals surface area contributed by atoms with Crippen LogP contribution in [0.4, 0.5) is 4.79 Å². The fraction of sp³-hybridized carbons (Fsp3) is 0.727. The van der Waals surface area contributed by atoms with Crippen molar-refractivity contribution in [2.45, 2.75) is 25.3 Å². The first kappa shape index (κ1) is 15.2. The number of nitrogens with one attached hydrogen (secondary N) is 1. The topological polar surface area (TPSA) is 139 Å². The van der Waals surface area contributed by atoms with Crippen LogP contribution in [0.1, 0.15) is 19.3 Å². The van der Waals surface area contributed by atoms with Crippen molar-refractivity contribution >= 4 is 17.9 Å². The van der Waals surface area contributed by atoms with Gasteiger partial charge >= 0.3 is 12.0 Å². The molecule has 1 unspecified atom stereocenters. The third kappa shape index (κ3) is 4.74. The van der Waals surface area contributed by atoms with E-state index in [1.54, 1.807) is 0 Å². The van der Waals surface area contributed by atoms with Gasteiger partial charge in [0.1, 0.15) is 6.04 Å². The van der Waals surface area contributed by atoms with Gasteiger partial charge in [-0.3, -0.25) is 4.79 Å². The van der Waals surface area contributed by atoms with Gasteiger partial charge in [-0.2, -0.15) is 0 Å². The molecule has 1 heterocycles. The van der Waals surface area contributed by atoms with Crippen LogP contribution in [0.15, 0.2) is 0 Å². The summed E-state index contributed by atoms with van der Waals surface area (Å²) in [4.78, 5) is 35.0. The molecule has 0 aliphatic carbocycles. The van der Waals surface area contributed by atoms with Crippen molar-refractivity contribution in [3.05, 3.63) is 0 Å². The highest BCUT2D eigenvalue weighted by atomic mass is 16.4. The summed E-state index contributed by atoms with van der Waals surface area (Å²) in [7, 11) is 0. The van der Waals surface area contributed by atoms with Gasteiger partial charge in [0.15, 0.2) is 0 Å². The number of hydrogen-bond acceptors (Lipinski definition) is 4. The molecule has 8 nitrogen and oxygen atoms in total. The summed E-state index contributed by atoms with van der Waals surface area (Å²) in [6.07, 6.45) is 0.732.